The van der Waals surface area contributed by atoms with Crippen LogP contribution in [0.4, 0.5) is 0 Å². The van der Waals surface area contributed by atoms with Gasteiger partial charge in [0.25, 0.3) is 0 Å². The van der Waals surface area contributed by atoms with Crippen molar-refractivity contribution in [2.45, 2.75) is 0 Å². The number of aromatic nitrogens is 3. The first kappa shape index (κ1) is 28.2. The van der Waals surface area contributed by atoms with Gasteiger partial charge in [-0.1, -0.05) is 140 Å². The molecule has 0 atom stereocenters. The maximum atomic E-state index is 6.74. The molecule has 0 fully saturated rings. The van der Waals surface area contributed by atoms with Crippen LogP contribution in [0.15, 0.2) is 173 Å². The number of furan rings is 2. The maximum absolute atomic E-state index is 6.74. The van der Waals surface area contributed by atoms with E-state index in [1.807, 2.05) is 91.0 Å². The number of fused-ring (bicyclic) bond motifs is 6. The van der Waals surface area contributed by atoms with Crippen molar-refractivity contribution in [1.82, 2.24) is 15.0 Å². The molecule has 0 aliphatic carbocycles. The van der Waals surface area contributed by atoms with Gasteiger partial charge in [0.2, 0.25) is 0 Å². The Balaban J connectivity index is 1.21. The molecule has 7 aromatic carbocycles. The second kappa shape index (κ2) is 11.4. The van der Waals surface area contributed by atoms with Gasteiger partial charge in [-0.25, -0.2) is 15.0 Å². The van der Waals surface area contributed by atoms with Gasteiger partial charge in [-0.05, 0) is 41.0 Å². The summed E-state index contributed by atoms with van der Waals surface area (Å²) in [6, 6.07) is 55.6. The topological polar surface area (TPSA) is 65.0 Å². The Morgan fingerprint density at radius 2 is 0.860 bits per heavy atom. The van der Waals surface area contributed by atoms with Gasteiger partial charge >= 0.3 is 0 Å². The molecule has 0 saturated carbocycles. The fourth-order valence-corrected chi connectivity index (χ4v) is 7.05. The van der Waals surface area contributed by atoms with Crippen molar-refractivity contribution in [3.8, 4) is 56.4 Å². The second-order valence-corrected chi connectivity index (χ2v) is 12.4. The van der Waals surface area contributed by atoms with Crippen LogP contribution in [-0.2, 0) is 0 Å². The van der Waals surface area contributed by atoms with Gasteiger partial charge in [0.05, 0.1) is 0 Å². The minimum Gasteiger partial charge on any atom is -0.456 e. The molecule has 0 amide bonds. The lowest BCUT2D eigenvalue weighted by Crippen LogP contribution is -2.00. The zero-order chi connectivity index (χ0) is 33.0. The summed E-state index contributed by atoms with van der Waals surface area (Å²) in [5.74, 6) is 1.83. The highest BCUT2D eigenvalue weighted by Gasteiger charge is 2.21. The lowest BCUT2D eigenvalue weighted by molar-refractivity contribution is 0.668. The summed E-state index contributed by atoms with van der Waals surface area (Å²) in [5, 5.41) is 4.15. The van der Waals surface area contributed by atoms with Gasteiger partial charge in [0.1, 0.15) is 22.3 Å². The predicted molar refractivity (Wildman–Crippen MR) is 202 cm³/mol. The SMILES string of the molecule is c1ccc(-c2nc(-c3ccccc3)nc(-c3cccc4oc5c(-c6cc(-c7ccccc7)c7c(c6)oc6ccccc67)cccc5c34)n2)cc1. The summed E-state index contributed by atoms with van der Waals surface area (Å²) in [5.41, 5.74) is 10.2. The standard InChI is InChI=1S/C45H27N3O2/c1-4-14-28(15-5-1)36-26-31(27-39-40(36)33-20-10-11-24-37(33)49-39)32-21-12-22-34-41-35(23-13-25-38(41)50-42(32)34)45-47-43(29-16-6-2-7-17-29)46-44(48-45)30-18-8-3-9-19-30/h1-27H. The van der Waals surface area contributed by atoms with Crippen molar-refractivity contribution in [3.63, 3.8) is 0 Å². The zero-order valence-electron chi connectivity index (χ0n) is 26.7. The number of hydrogen-bond acceptors (Lipinski definition) is 5. The van der Waals surface area contributed by atoms with Gasteiger partial charge in [-0.3, -0.25) is 0 Å². The smallest absolute Gasteiger partial charge is 0.164 e. The summed E-state index contributed by atoms with van der Waals surface area (Å²) >= 11 is 0. The van der Waals surface area contributed by atoms with E-state index in [9.17, 15) is 0 Å². The molecule has 3 aromatic heterocycles. The average Bonchev–Trinajstić information content (AvgIpc) is 3.77. The summed E-state index contributed by atoms with van der Waals surface area (Å²) in [6.45, 7) is 0. The molecule has 0 aliphatic rings. The minimum absolute atomic E-state index is 0.589. The van der Waals surface area contributed by atoms with Crippen LogP contribution in [0.5, 0.6) is 0 Å². The van der Waals surface area contributed by atoms with E-state index in [0.29, 0.717) is 17.5 Å². The summed E-state index contributed by atoms with van der Waals surface area (Å²) in [6.07, 6.45) is 0. The van der Waals surface area contributed by atoms with Crippen LogP contribution in [-0.4, -0.2) is 15.0 Å². The van der Waals surface area contributed by atoms with E-state index in [-0.39, 0.29) is 0 Å². The molecule has 10 rings (SSSR count). The molecular formula is C45H27N3O2. The number of nitrogens with zero attached hydrogens (tertiary/aromatic N) is 3. The van der Waals surface area contributed by atoms with E-state index in [1.165, 1.54) is 0 Å². The molecule has 0 bridgehead atoms. The summed E-state index contributed by atoms with van der Waals surface area (Å²) < 4.78 is 13.2. The molecular weight excluding hydrogens is 615 g/mol. The molecule has 234 valence electrons. The fraction of sp³-hybridized carbons (Fsp3) is 0. The van der Waals surface area contributed by atoms with Crippen LogP contribution in [0.3, 0.4) is 0 Å². The number of rotatable bonds is 5. The largest absolute Gasteiger partial charge is 0.456 e. The van der Waals surface area contributed by atoms with Crippen LogP contribution in [0.1, 0.15) is 0 Å². The molecule has 3 heterocycles. The van der Waals surface area contributed by atoms with Crippen molar-refractivity contribution in [2.75, 3.05) is 0 Å². The molecule has 50 heavy (non-hydrogen) atoms. The molecule has 10 aromatic rings. The lowest BCUT2D eigenvalue weighted by atomic mass is 9.93. The number of benzene rings is 7. The van der Waals surface area contributed by atoms with Gasteiger partial charge in [-0.15, -0.1) is 0 Å². The third-order valence-electron chi connectivity index (χ3n) is 9.34. The van der Waals surface area contributed by atoms with Crippen molar-refractivity contribution in [3.05, 3.63) is 164 Å². The van der Waals surface area contributed by atoms with Gasteiger partial charge < -0.3 is 8.83 Å². The van der Waals surface area contributed by atoms with Gasteiger partial charge in [0, 0.05) is 43.8 Å². The monoisotopic (exact) mass is 641 g/mol. The van der Waals surface area contributed by atoms with Crippen LogP contribution >= 0.6 is 0 Å². The second-order valence-electron chi connectivity index (χ2n) is 12.4. The van der Waals surface area contributed by atoms with E-state index >= 15 is 0 Å². The highest BCUT2D eigenvalue weighted by molar-refractivity contribution is 6.17. The first-order valence-corrected chi connectivity index (χ1v) is 16.6. The van der Waals surface area contributed by atoms with E-state index in [4.69, 9.17) is 23.8 Å². The molecule has 0 spiro atoms. The van der Waals surface area contributed by atoms with E-state index in [2.05, 4.69) is 72.8 Å². The van der Waals surface area contributed by atoms with E-state index < -0.39 is 0 Å². The van der Waals surface area contributed by atoms with Crippen LogP contribution in [0, 0.1) is 0 Å². The van der Waals surface area contributed by atoms with Crippen LogP contribution < -0.4 is 0 Å². The van der Waals surface area contributed by atoms with E-state index in [0.717, 1.165) is 82.8 Å². The Morgan fingerprint density at radius 3 is 1.58 bits per heavy atom. The fourth-order valence-electron chi connectivity index (χ4n) is 7.05. The highest BCUT2D eigenvalue weighted by atomic mass is 16.3. The quantitative estimate of drug-likeness (QED) is 0.187. The normalized spacial score (nSPS) is 11.6. The summed E-state index contributed by atoms with van der Waals surface area (Å²) in [4.78, 5) is 15.0. The molecule has 0 N–H and O–H groups in total. The highest BCUT2D eigenvalue weighted by Crippen LogP contribution is 2.44. The van der Waals surface area contributed by atoms with E-state index in [1.54, 1.807) is 0 Å². The van der Waals surface area contributed by atoms with Gasteiger partial charge in [-0.2, -0.15) is 0 Å². The number of para-hydroxylation sites is 2. The van der Waals surface area contributed by atoms with Crippen molar-refractivity contribution in [2.24, 2.45) is 0 Å². The van der Waals surface area contributed by atoms with Gasteiger partial charge in [0.15, 0.2) is 17.5 Å². The van der Waals surface area contributed by atoms with Crippen molar-refractivity contribution >= 4 is 43.9 Å². The Morgan fingerprint density at radius 1 is 0.320 bits per heavy atom. The molecule has 0 radical (unpaired) electrons. The third-order valence-corrected chi connectivity index (χ3v) is 9.34. The maximum Gasteiger partial charge on any atom is 0.164 e. The lowest BCUT2D eigenvalue weighted by Gasteiger charge is -2.10. The van der Waals surface area contributed by atoms with Crippen LogP contribution in [0.2, 0.25) is 0 Å². The molecule has 5 nitrogen and oxygen atoms in total. The molecule has 0 saturated heterocycles. The average molecular weight is 642 g/mol. The Kier molecular flexibility index (Phi) is 6.42. The minimum atomic E-state index is 0.589. The predicted octanol–water partition coefficient (Wildman–Crippen LogP) is 12.0. The van der Waals surface area contributed by atoms with Crippen molar-refractivity contribution in [1.29, 1.82) is 0 Å². The Bertz CT molecular complexity index is 2800. The Labute approximate surface area is 287 Å². The molecule has 0 unspecified atom stereocenters. The first-order chi connectivity index (χ1) is 24.8. The summed E-state index contributed by atoms with van der Waals surface area (Å²) in [7, 11) is 0. The first-order valence-electron chi connectivity index (χ1n) is 16.6. The zero-order valence-corrected chi connectivity index (χ0v) is 26.7. The number of hydrogen-bond donors (Lipinski definition) is 0. The molecule has 0 aliphatic heterocycles. The Hall–Kier alpha value is -6.85. The third kappa shape index (κ3) is 4.60. The molecule has 5 heteroatoms. The van der Waals surface area contributed by atoms with Crippen molar-refractivity contribution < 1.29 is 8.83 Å². The van der Waals surface area contributed by atoms with Crippen LogP contribution in [0.25, 0.3) is 100 Å².